The number of carbonyl (C=O) groups is 3. The zero-order chi connectivity index (χ0) is 26.1. The highest BCUT2D eigenvalue weighted by Gasteiger charge is 2.22. The van der Waals surface area contributed by atoms with Crippen LogP contribution in [0.1, 0.15) is 27.2 Å². The molecule has 0 bridgehead atoms. The maximum absolute atomic E-state index is 13.2. The molecule has 184 valence electrons. The van der Waals surface area contributed by atoms with E-state index in [1.165, 1.54) is 10.7 Å². The van der Waals surface area contributed by atoms with Gasteiger partial charge in [-0.1, -0.05) is 56.8 Å². The maximum atomic E-state index is 13.2. The Labute approximate surface area is 225 Å². The summed E-state index contributed by atoms with van der Waals surface area (Å²) >= 11 is 15.6. The van der Waals surface area contributed by atoms with Crippen LogP contribution in [-0.2, 0) is 9.59 Å². The molecule has 1 heterocycles. The number of hydrogen-bond acceptors (Lipinski definition) is 3. The lowest BCUT2D eigenvalue weighted by molar-refractivity contribution is -0.133. The number of carbonyl (C=O) groups excluding carboxylic acids is 3. The number of rotatable bonds is 4. The fourth-order valence-corrected chi connectivity index (χ4v) is 4.79. The second-order valence-corrected chi connectivity index (χ2v) is 10.1. The van der Waals surface area contributed by atoms with E-state index in [4.69, 9.17) is 23.2 Å². The minimum atomic E-state index is -0.937. The highest BCUT2D eigenvalue weighted by Crippen LogP contribution is 2.28. The molecule has 0 spiro atoms. The second kappa shape index (κ2) is 10.3. The van der Waals surface area contributed by atoms with Crippen molar-refractivity contribution in [3.05, 3.63) is 91.5 Å². The van der Waals surface area contributed by atoms with Gasteiger partial charge < -0.3 is 10.6 Å². The van der Waals surface area contributed by atoms with Gasteiger partial charge in [0.1, 0.15) is 5.69 Å². The summed E-state index contributed by atoms with van der Waals surface area (Å²) in [5, 5.41) is 6.74. The quantitative estimate of drug-likeness (QED) is 0.235. The third-order valence-electron chi connectivity index (χ3n) is 5.51. The average Bonchev–Trinajstić information content (AvgIpc) is 3.15. The predicted molar refractivity (Wildman–Crippen MR) is 148 cm³/mol. The second-order valence-electron chi connectivity index (χ2n) is 8.32. The maximum Gasteiger partial charge on any atom is 0.328 e. The summed E-state index contributed by atoms with van der Waals surface area (Å²) in [7, 11) is 0. The Bertz CT molecular complexity index is 1520. The molecule has 0 atom stereocenters. The van der Waals surface area contributed by atoms with Gasteiger partial charge in [-0.25, -0.2) is 4.68 Å². The van der Waals surface area contributed by atoms with Gasteiger partial charge in [0, 0.05) is 20.6 Å². The van der Waals surface area contributed by atoms with Crippen molar-refractivity contribution in [2.75, 3.05) is 16.1 Å². The molecular weight excluding hydrogens is 567 g/mol. The normalized spacial score (nSPS) is 10.8. The molecule has 0 aliphatic heterocycles. The SMILES string of the molecule is Cc1cc(C)c(NC(=O)C(=O)Nn2c(C(=O)Nc3ccc(Cl)cc3Cl)cc3cc(Br)ccc32)c(C)c1. The molecule has 0 saturated carbocycles. The fraction of sp³-hybridized carbons (Fsp3) is 0.115. The van der Waals surface area contributed by atoms with Gasteiger partial charge in [0.15, 0.2) is 0 Å². The number of nitrogens with one attached hydrogen (secondary N) is 3. The van der Waals surface area contributed by atoms with Gasteiger partial charge in [-0.2, -0.15) is 0 Å². The molecule has 3 N–H and O–H groups in total. The van der Waals surface area contributed by atoms with Gasteiger partial charge in [-0.05, 0) is 74.4 Å². The topological polar surface area (TPSA) is 92.2 Å². The third-order valence-corrected chi connectivity index (χ3v) is 6.55. The molecule has 10 heteroatoms. The molecular formula is C26H21BrCl2N4O3. The zero-order valence-corrected chi connectivity index (χ0v) is 22.6. The summed E-state index contributed by atoms with van der Waals surface area (Å²) in [4.78, 5) is 38.9. The van der Waals surface area contributed by atoms with Gasteiger partial charge in [-0.15, -0.1) is 0 Å². The average molecular weight is 588 g/mol. The predicted octanol–water partition coefficient (Wildman–Crippen LogP) is 6.60. The molecule has 0 unspecified atom stereocenters. The molecule has 0 saturated heterocycles. The van der Waals surface area contributed by atoms with E-state index >= 15 is 0 Å². The number of nitrogens with zero attached hydrogens (tertiary/aromatic N) is 1. The van der Waals surface area contributed by atoms with E-state index in [9.17, 15) is 14.4 Å². The van der Waals surface area contributed by atoms with Crippen molar-refractivity contribution in [3.63, 3.8) is 0 Å². The summed E-state index contributed by atoms with van der Waals surface area (Å²) in [5.41, 5.74) is 6.81. The van der Waals surface area contributed by atoms with Crippen molar-refractivity contribution in [1.29, 1.82) is 0 Å². The number of halogens is 3. The molecule has 0 aliphatic carbocycles. The summed E-state index contributed by atoms with van der Waals surface area (Å²) in [6.45, 7) is 5.67. The van der Waals surface area contributed by atoms with Crippen LogP contribution in [0.3, 0.4) is 0 Å². The number of benzene rings is 3. The highest BCUT2D eigenvalue weighted by molar-refractivity contribution is 9.10. The molecule has 1 aromatic heterocycles. The first kappa shape index (κ1) is 25.8. The van der Waals surface area contributed by atoms with Crippen molar-refractivity contribution >= 4 is 79.1 Å². The summed E-state index contributed by atoms with van der Waals surface area (Å²) in [5.74, 6) is -2.35. The van der Waals surface area contributed by atoms with Gasteiger partial charge in [0.25, 0.3) is 5.91 Å². The Kier molecular flexibility index (Phi) is 7.40. The van der Waals surface area contributed by atoms with E-state index in [2.05, 4.69) is 32.0 Å². The first-order chi connectivity index (χ1) is 17.0. The molecule has 3 amide bonds. The minimum absolute atomic E-state index is 0.0953. The van der Waals surface area contributed by atoms with Crippen LogP contribution in [0.15, 0.2) is 59.1 Å². The molecule has 7 nitrogen and oxygen atoms in total. The number of fused-ring (bicyclic) bond motifs is 1. The van der Waals surface area contributed by atoms with E-state index in [0.29, 0.717) is 27.3 Å². The van der Waals surface area contributed by atoms with Gasteiger partial charge in [0.05, 0.1) is 16.2 Å². The fourth-order valence-electron chi connectivity index (χ4n) is 3.95. The van der Waals surface area contributed by atoms with Crippen molar-refractivity contribution in [2.45, 2.75) is 20.8 Å². The Morgan fingerprint density at radius 3 is 2.19 bits per heavy atom. The van der Waals surface area contributed by atoms with Crippen molar-refractivity contribution in [3.8, 4) is 0 Å². The number of aryl methyl sites for hydroxylation is 3. The van der Waals surface area contributed by atoms with E-state index < -0.39 is 17.7 Å². The van der Waals surface area contributed by atoms with E-state index in [1.54, 1.807) is 36.4 Å². The Hall–Kier alpha value is -3.33. The smallest absolute Gasteiger partial charge is 0.319 e. The minimum Gasteiger partial charge on any atom is -0.319 e. The zero-order valence-electron chi connectivity index (χ0n) is 19.5. The van der Waals surface area contributed by atoms with Crippen molar-refractivity contribution in [2.24, 2.45) is 0 Å². The van der Waals surface area contributed by atoms with Crippen LogP contribution in [0.4, 0.5) is 11.4 Å². The molecule has 36 heavy (non-hydrogen) atoms. The molecule has 0 fully saturated rings. The van der Waals surface area contributed by atoms with E-state index in [1.807, 2.05) is 32.9 Å². The number of anilines is 2. The first-order valence-electron chi connectivity index (χ1n) is 10.8. The summed E-state index contributed by atoms with van der Waals surface area (Å²) in [6.07, 6.45) is 0. The molecule has 0 aliphatic rings. The molecule has 3 aromatic carbocycles. The van der Waals surface area contributed by atoms with Crippen molar-refractivity contribution < 1.29 is 14.4 Å². The van der Waals surface area contributed by atoms with Crippen LogP contribution >= 0.6 is 39.1 Å². The van der Waals surface area contributed by atoms with E-state index in [0.717, 1.165) is 21.2 Å². The Morgan fingerprint density at radius 1 is 0.833 bits per heavy atom. The third kappa shape index (κ3) is 5.41. The monoisotopic (exact) mass is 586 g/mol. The highest BCUT2D eigenvalue weighted by atomic mass is 79.9. The number of aromatic nitrogens is 1. The van der Waals surface area contributed by atoms with Crippen LogP contribution < -0.4 is 16.1 Å². The van der Waals surface area contributed by atoms with E-state index in [-0.39, 0.29) is 10.7 Å². The van der Waals surface area contributed by atoms with Crippen molar-refractivity contribution in [1.82, 2.24) is 4.68 Å². The standard InChI is InChI=1S/C26H21BrCl2N4O3/c1-13-8-14(2)23(15(3)9-13)31-25(35)26(36)32-33-21-7-4-17(27)10-16(21)11-22(33)24(34)30-20-6-5-18(28)12-19(20)29/h4-12H,1-3H3,(H,30,34)(H,31,35)(H,32,36). The lowest BCUT2D eigenvalue weighted by Crippen LogP contribution is -2.36. The summed E-state index contributed by atoms with van der Waals surface area (Å²) < 4.78 is 2.06. The van der Waals surface area contributed by atoms with Crippen LogP contribution in [0, 0.1) is 20.8 Å². The largest absolute Gasteiger partial charge is 0.328 e. The van der Waals surface area contributed by atoms with Gasteiger partial charge in [-0.3, -0.25) is 19.8 Å². The number of amides is 3. The first-order valence-corrected chi connectivity index (χ1v) is 12.4. The Balaban J connectivity index is 1.65. The summed E-state index contributed by atoms with van der Waals surface area (Å²) in [6, 6.07) is 15.4. The van der Waals surface area contributed by atoms with Crippen LogP contribution in [0.5, 0.6) is 0 Å². The molecule has 0 radical (unpaired) electrons. The van der Waals surface area contributed by atoms with Crippen LogP contribution in [0.25, 0.3) is 10.9 Å². The lowest BCUT2D eigenvalue weighted by Gasteiger charge is -2.15. The van der Waals surface area contributed by atoms with Crippen LogP contribution in [0.2, 0.25) is 10.0 Å². The molecule has 4 rings (SSSR count). The van der Waals surface area contributed by atoms with Gasteiger partial charge in [0.2, 0.25) is 0 Å². The number of hydrogen-bond donors (Lipinski definition) is 3. The van der Waals surface area contributed by atoms with Crippen LogP contribution in [-0.4, -0.2) is 22.4 Å². The lowest BCUT2D eigenvalue weighted by atomic mass is 10.1. The van der Waals surface area contributed by atoms with Gasteiger partial charge >= 0.3 is 11.8 Å². The molecule has 4 aromatic rings. The Morgan fingerprint density at radius 2 is 1.53 bits per heavy atom.